The van der Waals surface area contributed by atoms with Crippen LogP contribution in [0.3, 0.4) is 0 Å². The first-order valence-corrected chi connectivity index (χ1v) is 6.46. The predicted molar refractivity (Wildman–Crippen MR) is 66.0 cm³/mol. The van der Waals surface area contributed by atoms with Gasteiger partial charge in [0.25, 0.3) is 6.92 Å². The van der Waals surface area contributed by atoms with Crippen molar-refractivity contribution >= 4 is 6.92 Å². The van der Waals surface area contributed by atoms with Crippen LogP contribution in [0, 0.1) is 0 Å². The van der Waals surface area contributed by atoms with E-state index in [-0.39, 0.29) is 0 Å². The fourth-order valence-corrected chi connectivity index (χ4v) is 1.57. The van der Waals surface area contributed by atoms with Crippen LogP contribution in [0.15, 0.2) is 0 Å². The van der Waals surface area contributed by atoms with Gasteiger partial charge in [0, 0.05) is 6.61 Å². The molecule has 0 radical (unpaired) electrons. The second-order valence-electron chi connectivity index (χ2n) is 4.13. The smallest absolute Gasteiger partial charge is 0.293 e. The van der Waals surface area contributed by atoms with Gasteiger partial charge in [0.05, 0.1) is 0 Å². The monoisotopic (exact) mass is 189 g/mol. The predicted octanol–water partition coefficient (Wildman–Crippen LogP) is 4.39. The average molecular weight is 189 g/mol. The molecular formula is C12H27BO. The first-order chi connectivity index (χ1) is 6.85. The lowest BCUT2D eigenvalue weighted by molar-refractivity contribution is 0.307. The van der Waals surface area contributed by atoms with Crippen LogP contribution in [0.5, 0.6) is 0 Å². The Hall–Kier alpha value is 0.0249. The summed E-state index contributed by atoms with van der Waals surface area (Å²) in [5.41, 5.74) is 0. The molecule has 0 spiro atoms. The molecule has 0 aromatic heterocycles. The van der Waals surface area contributed by atoms with Crippen molar-refractivity contribution in [3.8, 4) is 0 Å². The van der Waals surface area contributed by atoms with E-state index in [1.807, 2.05) is 0 Å². The van der Waals surface area contributed by atoms with E-state index in [0.717, 1.165) is 6.61 Å². The Morgan fingerprint density at radius 3 is 1.71 bits per heavy atom. The Morgan fingerprint density at radius 1 is 0.786 bits per heavy atom. The van der Waals surface area contributed by atoms with Gasteiger partial charge < -0.3 is 4.65 Å². The minimum absolute atomic E-state index is 0.543. The molecular weight excluding hydrogens is 162 g/mol. The van der Waals surface area contributed by atoms with Crippen molar-refractivity contribution in [2.45, 2.75) is 71.9 Å². The average Bonchev–Trinajstić information content (AvgIpc) is 2.21. The lowest BCUT2D eigenvalue weighted by Gasteiger charge is -2.13. The Bertz CT molecular complexity index is 98.5. The van der Waals surface area contributed by atoms with E-state index in [4.69, 9.17) is 4.65 Å². The number of unbranched alkanes of at least 4 members (excludes halogenated alkanes) is 3. The zero-order valence-corrected chi connectivity index (χ0v) is 10.3. The van der Waals surface area contributed by atoms with Gasteiger partial charge in [0.15, 0.2) is 0 Å². The Balaban J connectivity index is 3.49. The lowest BCUT2D eigenvalue weighted by atomic mass is 1.73. The Labute approximate surface area is 90.7 Å². The van der Waals surface area contributed by atoms with Crippen LogP contribution < -0.4 is 0 Å². The molecule has 0 saturated heterocycles. The topological polar surface area (TPSA) is 9.23 Å². The van der Waals surface area contributed by atoms with Crippen LogP contribution in [0.4, 0.5) is 0 Å². The molecule has 0 N–H and O–H groups in total. The van der Waals surface area contributed by atoms with Gasteiger partial charge in [-0.05, 0) is 19.1 Å². The summed E-state index contributed by atoms with van der Waals surface area (Å²) in [5, 5.41) is 0. The van der Waals surface area contributed by atoms with Gasteiger partial charge in [-0.1, -0.05) is 52.9 Å². The first kappa shape index (κ1) is 14.0. The number of hydrogen-bond acceptors (Lipinski definition) is 1. The molecule has 84 valence electrons. The molecule has 14 heavy (non-hydrogen) atoms. The van der Waals surface area contributed by atoms with Gasteiger partial charge in [0.1, 0.15) is 0 Å². The molecule has 0 aliphatic carbocycles. The molecule has 0 aliphatic heterocycles. The third-order valence-electron chi connectivity index (χ3n) is 2.61. The first-order valence-electron chi connectivity index (χ1n) is 6.46. The Morgan fingerprint density at radius 2 is 1.29 bits per heavy atom. The van der Waals surface area contributed by atoms with Gasteiger partial charge in [-0.25, -0.2) is 0 Å². The molecule has 0 aromatic carbocycles. The Kier molecular flexibility index (Phi) is 11.1. The van der Waals surface area contributed by atoms with Crippen molar-refractivity contribution in [3.05, 3.63) is 0 Å². The quantitative estimate of drug-likeness (QED) is 0.366. The maximum Gasteiger partial charge on any atom is 0.293 e. The van der Waals surface area contributed by atoms with Crippen LogP contribution in [0.25, 0.3) is 0 Å². The molecule has 0 aromatic rings. The van der Waals surface area contributed by atoms with E-state index < -0.39 is 0 Å². The lowest BCUT2D eigenvalue weighted by Crippen LogP contribution is -2.18. The van der Waals surface area contributed by atoms with Crippen molar-refractivity contribution in [1.29, 1.82) is 0 Å². The minimum atomic E-state index is 0.543. The summed E-state index contributed by atoms with van der Waals surface area (Å²) in [6, 6.07) is 0. The highest BCUT2D eigenvalue weighted by atomic mass is 16.3. The van der Waals surface area contributed by atoms with E-state index in [2.05, 4.69) is 20.8 Å². The highest BCUT2D eigenvalue weighted by Gasteiger charge is 2.13. The summed E-state index contributed by atoms with van der Waals surface area (Å²) in [4.78, 5) is 0. The van der Waals surface area contributed by atoms with Gasteiger partial charge in [-0.2, -0.15) is 0 Å². The molecule has 0 fully saturated rings. The molecule has 0 heterocycles. The molecule has 0 amide bonds. The standard InChI is InChI=1S/C12H27BO/c1-4-7-10-13(11-8-5-2)14-12-9-6-3/h4-12H2,1-3H3/i13-9. The second-order valence-corrected chi connectivity index (χ2v) is 4.13. The third-order valence-corrected chi connectivity index (χ3v) is 2.61. The largest absolute Gasteiger partial charge is 0.436 e. The van der Waals surface area contributed by atoms with Crippen molar-refractivity contribution in [2.75, 3.05) is 6.61 Å². The van der Waals surface area contributed by atoms with Crippen molar-refractivity contribution in [3.63, 3.8) is 0 Å². The molecule has 0 rings (SSSR count). The molecule has 2 heteroatoms. The highest BCUT2D eigenvalue weighted by Crippen LogP contribution is 2.11. The molecule has 0 unspecified atom stereocenters. The fourth-order valence-electron chi connectivity index (χ4n) is 1.57. The molecule has 0 saturated carbocycles. The number of rotatable bonds is 10. The van der Waals surface area contributed by atoms with Gasteiger partial charge >= 0.3 is 0 Å². The van der Waals surface area contributed by atoms with Crippen LogP contribution >= 0.6 is 0 Å². The van der Waals surface area contributed by atoms with E-state index in [9.17, 15) is 0 Å². The van der Waals surface area contributed by atoms with E-state index in [1.54, 1.807) is 0 Å². The van der Waals surface area contributed by atoms with E-state index >= 15 is 0 Å². The summed E-state index contributed by atoms with van der Waals surface area (Å²) < 4.78 is 5.89. The summed E-state index contributed by atoms with van der Waals surface area (Å²) in [6.07, 6.45) is 10.2. The van der Waals surface area contributed by atoms with Crippen LogP contribution in [-0.2, 0) is 4.65 Å². The molecule has 0 aliphatic rings. The third kappa shape index (κ3) is 8.62. The van der Waals surface area contributed by atoms with Crippen LogP contribution in [0.1, 0.15) is 59.3 Å². The maximum atomic E-state index is 5.89. The maximum absolute atomic E-state index is 5.89. The van der Waals surface area contributed by atoms with Gasteiger partial charge in [0.2, 0.25) is 0 Å². The van der Waals surface area contributed by atoms with Crippen molar-refractivity contribution in [1.82, 2.24) is 0 Å². The normalized spacial score (nSPS) is 10.5. The number of hydrogen-bond donors (Lipinski definition) is 0. The van der Waals surface area contributed by atoms with Gasteiger partial charge in [-0.3, -0.25) is 0 Å². The van der Waals surface area contributed by atoms with E-state index in [0.29, 0.717) is 6.92 Å². The molecule has 0 bridgehead atoms. The summed E-state index contributed by atoms with van der Waals surface area (Å²) >= 11 is 0. The van der Waals surface area contributed by atoms with Crippen LogP contribution in [-0.4, -0.2) is 13.5 Å². The van der Waals surface area contributed by atoms with Gasteiger partial charge in [-0.15, -0.1) is 0 Å². The molecule has 0 atom stereocenters. The van der Waals surface area contributed by atoms with E-state index in [1.165, 1.54) is 51.2 Å². The van der Waals surface area contributed by atoms with Crippen molar-refractivity contribution in [2.24, 2.45) is 0 Å². The summed E-state index contributed by atoms with van der Waals surface area (Å²) in [6.45, 7) is 8.23. The second kappa shape index (κ2) is 11.1. The van der Waals surface area contributed by atoms with Crippen molar-refractivity contribution < 1.29 is 4.65 Å². The zero-order valence-electron chi connectivity index (χ0n) is 10.3. The fraction of sp³-hybridized carbons (Fsp3) is 1.00. The van der Waals surface area contributed by atoms with Crippen LogP contribution in [0.2, 0.25) is 12.6 Å². The summed E-state index contributed by atoms with van der Waals surface area (Å²) in [5.74, 6) is 0. The highest BCUT2D eigenvalue weighted by molar-refractivity contribution is 6.51. The molecule has 1 nitrogen and oxygen atoms in total. The zero-order chi connectivity index (χ0) is 10.6. The SMILES string of the molecule is CCCCO[2B](CCCC)CCCC. The minimum Gasteiger partial charge on any atom is -0.436 e. The summed E-state index contributed by atoms with van der Waals surface area (Å²) in [7, 11) is 0.